The monoisotopic (exact) mass is 704 g/mol. The van der Waals surface area contributed by atoms with Crippen LogP contribution in [0.15, 0.2) is 206 Å². The van der Waals surface area contributed by atoms with Crippen LogP contribution >= 0.6 is 0 Å². The second kappa shape index (κ2) is 13.2. The molecule has 0 aromatic heterocycles. The SMILES string of the molecule is CC1(C)c2ccccc2N(c2c(-c3ccc4ccccc4c3)ccc3ccccc23)c2cc(-c3ccc(N(c4ccccc4)c4ccccc4)cc3)ccc21. The summed E-state index contributed by atoms with van der Waals surface area (Å²) in [6.45, 7) is 4.73. The summed E-state index contributed by atoms with van der Waals surface area (Å²) < 4.78 is 0. The molecule has 0 unspecified atom stereocenters. The Bertz CT molecular complexity index is 2800. The Balaban J connectivity index is 1.16. The van der Waals surface area contributed by atoms with Crippen LogP contribution in [0.5, 0.6) is 0 Å². The fourth-order valence-corrected chi connectivity index (χ4v) is 8.63. The summed E-state index contributed by atoms with van der Waals surface area (Å²) in [5.74, 6) is 0. The van der Waals surface area contributed by atoms with Gasteiger partial charge in [-0.05, 0) is 98.6 Å². The van der Waals surface area contributed by atoms with Crippen LogP contribution in [0.2, 0.25) is 0 Å². The van der Waals surface area contributed by atoms with Gasteiger partial charge in [-0.2, -0.15) is 0 Å². The lowest BCUT2D eigenvalue weighted by molar-refractivity contribution is 0.632. The highest BCUT2D eigenvalue weighted by Gasteiger charge is 2.38. The molecule has 2 heteroatoms. The van der Waals surface area contributed by atoms with Crippen molar-refractivity contribution in [2.75, 3.05) is 9.80 Å². The van der Waals surface area contributed by atoms with E-state index in [-0.39, 0.29) is 5.41 Å². The molecular formula is C53H40N2. The molecule has 262 valence electrons. The van der Waals surface area contributed by atoms with E-state index >= 15 is 0 Å². The van der Waals surface area contributed by atoms with Crippen molar-refractivity contribution in [2.45, 2.75) is 19.3 Å². The van der Waals surface area contributed by atoms with Crippen molar-refractivity contribution in [3.05, 3.63) is 217 Å². The van der Waals surface area contributed by atoms with Crippen molar-refractivity contribution in [3.8, 4) is 22.3 Å². The average molecular weight is 705 g/mol. The number of fused-ring (bicyclic) bond motifs is 4. The number of para-hydroxylation sites is 3. The third-order valence-corrected chi connectivity index (χ3v) is 11.4. The molecule has 0 amide bonds. The van der Waals surface area contributed by atoms with Crippen LogP contribution in [0.3, 0.4) is 0 Å². The first-order valence-electron chi connectivity index (χ1n) is 19.1. The summed E-state index contributed by atoms with van der Waals surface area (Å²) in [5, 5.41) is 4.93. The quantitative estimate of drug-likeness (QED) is 0.170. The van der Waals surface area contributed by atoms with E-state index < -0.39 is 0 Å². The van der Waals surface area contributed by atoms with E-state index in [4.69, 9.17) is 0 Å². The second-order valence-electron chi connectivity index (χ2n) is 15.0. The second-order valence-corrected chi connectivity index (χ2v) is 15.0. The van der Waals surface area contributed by atoms with E-state index in [9.17, 15) is 0 Å². The van der Waals surface area contributed by atoms with Gasteiger partial charge in [-0.3, -0.25) is 0 Å². The molecule has 0 N–H and O–H groups in total. The Morgan fingerprint density at radius 3 is 1.67 bits per heavy atom. The van der Waals surface area contributed by atoms with Crippen LogP contribution in [0.25, 0.3) is 43.8 Å². The number of hydrogen-bond donors (Lipinski definition) is 0. The molecule has 9 aromatic carbocycles. The topological polar surface area (TPSA) is 6.48 Å². The van der Waals surface area contributed by atoms with Gasteiger partial charge in [0.2, 0.25) is 0 Å². The summed E-state index contributed by atoms with van der Waals surface area (Å²) in [7, 11) is 0. The minimum Gasteiger partial charge on any atom is -0.311 e. The fraction of sp³-hybridized carbons (Fsp3) is 0.0566. The van der Waals surface area contributed by atoms with Crippen molar-refractivity contribution < 1.29 is 0 Å². The highest BCUT2D eigenvalue weighted by atomic mass is 15.2. The molecule has 1 heterocycles. The summed E-state index contributed by atoms with van der Waals surface area (Å²) in [4.78, 5) is 4.86. The van der Waals surface area contributed by atoms with Crippen LogP contribution in [0.4, 0.5) is 34.1 Å². The predicted molar refractivity (Wildman–Crippen MR) is 234 cm³/mol. The summed E-state index contributed by atoms with van der Waals surface area (Å²) in [6, 6.07) is 75.2. The molecule has 2 nitrogen and oxygen atoms in total. The molecule has 0 spiro atoms. The zero-order valence-corrected chi connectivity index (χ0v) is 31.0. The smallest absolute Gasteiger partial charge is 0.0618 e. The minimum absolute atomic E-state index is 0.204. The Morgan fingerprint density at radius 2 is 0.927 bits per heavy atom. The predicted octanol–water partition coefficient (Wildman–Crippen LogP) is 14.9. The van der Waals surface area contributed by atoms with E-state index in [1.165, 1.54) is 72.0 Å². The molecule has 10 rings (SSSR count). The number of benzene rings is 9. The Kier molecular flexibility index (Phi) is 7.85. The third kappa shape index (κ3) is 5.57. The van der Waals surface area contributed by atoms with Crippen molar-refractivity contribution in [2.24, 2.45) is 0 Å². The molecule has 0 saturated carbocycles. The van der Waals surface area contributed by atoms with Crippen LogP contribution in [-0.2, 0) is 5.41 Å². The molecular weight excluding hydrogens is 665 g/mol. The van der Waals surface area contributed by atoms with Gasteiger partial charge in [0.05, 0.1) is 17.1 Å². The zero-order valence-electron chi connectivity index (χ0n) is 31.0. The Labute approximate surface area is 323 Å². The molecule has 0 bridgehead atoms. The van der Waals surface area contributed by atoms with Gasteiger partial charge in [0, 0.05) is 33.4 Å². The third-order valence-electron chi connectivity index (χ3n) is 11.4. The lowest BCUT2D eigenvalue weighted by Crippen LogP contribution is -2.31. The van der Waals surface area contributed by atoms with Crippen molar-refractivity contribution in [1.29, 1.82) is 0 Å². The molecule has 0 fully saturated rings. The summed E-state index contributed by atoms with van der Waals surface area (Å²) >= 11 is 0. The highest BCUT2D eigenvalue weighted by Crippen LogP contribution is 2.55. The van der Waals surface area contributed by atoms with E-state index in [1.807, 2.05) is 0 Å². The Hall–Kier alpha value is -6.90. The fourth-order valence-electron chi connectivity index (χ4n) is 8.63. The first kappa shape index (κ1) is 32.7. The molecule has 0 saturated heterocycles. The summed E-state index contributed by atoms with van der Waals surface area (Å²) in [5.41, 5.74) is 14.2. The first-order chi connectivity index (χ1) is 27.0. The van der Waals surface area contributed by atoms with Gasteiger partial charge in [0.1, 0.15) is 0 Å². The van der Waals surface area contributed by atoms with Gasteiger partial charge in [0.25, 0.3) is 0 Å². The van der Waals surface area contributed by atoms with Gasteiger partial charge >= 0.3 is 0 Å². The van der Waals surface area contributed by atoms with E-state index in [1.54, 1.807) is 0 Å². The molecule has 9 aromatic rings. The highest BCUT2D eigenvalue weighted by molar-refractivity contribution is 6.08. The van der Waals surface area contributed by atoms with Crippen molar-refractivity contribution in [3.63, 3.8) is 0 Å². The van der Waals surface area contributed by atoms with Crippen LogP contribution < -0.4 is 9.80 Å². The van der Waals surface area contributed by atoms with Gasteiger partial charge < -0.3 is 9.80 Å². The number of rotatable bonds is 6. The maximum absolute atomic E-state index is 2.55. The van der Waals surface area contributed by atoms with Gasteiger partial charge in [-0.15, -0.1) is 0 Å². The summed E-state index contributed by atoms with van der Waals surface area (Å²) in [6.07, 6.45) is 0. The van der Waals surface area contributed by atoms with Crippen LogP contribution in [0.1, 0.15) is 25.0 Å². The normalized spacial score (nSPS) is 13.0. The average Bonchev–Trinajstić information content (AvgIpc) is 3.24. The molecule has 55 heavy (non-hydrogen) atoms. The molecule has 0 aliphatic carbocycles. The first-order valence-corrected chi connectivity index (χ1v) is 19.1. The zero-order chi connectivity index (χ0) is 36.9. The Morgan fingerprint density at radius 1 is 0.382 bits per heavy atom. The van der Waals surface area contributed by atoms with Gasteiger partial charge in [-0.25, -0.2) is 0 Å². The number of hydrogen-bond acceptors (Lipinski definition) is 2. The van der Waals surface area contributed by atoms with E-state index in [2.05, 4.69) is 230 Å². The lowest BCUT2D eigenvalue weighted by atomic mass is 9.73. The van der Waals surface area contributed by atoms with Gasteiger partial charge in [0.15, 0.2) is 0 Å². The number of anilines is 6. The largest absolute Gasteiger partial charge is 0.311 e. The van der Waals surface area contributed by atoms with Gasteiger partial charge in [-0.1, -0.05) is 166 Å². The lowest BCUT2D eigenvalue weighted by Gasteiger charge is -2.43. The number of nitrogens with zero attached hydrogens (tertiary/aromatic N) is 2. The molecule has 0 atom stereocenters. The van der Waals surface area contributed by atoms with Crippen LogP contribution in [-0.4, -0.2) is 0 Å². The molecule has 1 aliphatic rings. The van der Waals surface area contributed by atoms with E-state index in [0.29, 0.717) is 0 Å². The van der Waals surface area contributed by atoms with Crippen molar-refractivity contribution in [1.82, 2.24) is 0 Å². The molecule has 1 aliphatic heterocycles. The van der Waals surface area contributed by atoms with Crippen molar-refractivity contribution >= 4 is 55.7 Å². The molecule has 0 radical (unpaired) electrons. The maximum Gasteiger partial charge on any atom is 0.0618 e. The standard InChI is InChI=1S/C53H40N2/c1-53(2)48-23-13-14-24-50(48)55(52-46-22-12-11-16-39(46)29-33-47(52)42-26-25-37-15-9-10-17-40(37)35-42)51-36-41(30-34-49(51)53)38-27-31-45(32-28-38)54(43-18-5-3-6-19-43)44-20-7-4-8-21-44/h3-36H,1-2H3. The minimum atomic E-state index is -0.204. The van der Waals surface area contributed by atoms with Crippen LogP contribution in [0, 0.1) is 0 Å². The maximum atomic E-state index is 2.55. The van der Waals surface area contributed by atoms with E-state index in [0.717, 1.165) is 17.1 Å².